The third-order valence-corrected chi connectivity index (χ3v) is 4.21. The van der Waals surface area contributed by atoms with Gasteiger partial charge >= 0.3 is 0 Å². The van der Waals surface area contributed by atoms with Gasteiger partial charge in [-0.15, -0.1) is 24.0 Å². The Bertz CT molecular complexity index is 542. The molecule has 0 heterocycles. The third kappa shape index (κ3) is 7.99. The van der Waals surface area contributed by atoms with E-state index in [0.717, 1.165) is 11.3 Å². The van der Waals surface area contributed by atoms with Crippen molar-refractivity contribution in [2.45, 2.75) is 45.4 Å². The van der Waals surface area contributed by atoms with Crippen LogP contribution >= 0.6 is 24.0 Å². The zero-order valence-corrected chi connectivity index (χ0v) is 16.7. The van der Waals surface area contributed by atoms with E-state index in [1.54, 1.807) is 0 Å². The van der Waals surface area contributed by atoms with Crippen molar-refractivity contribution in [3.8, 4) is 0 Å². The molecule has 0 spiro atoms. The van der Waals surface area contributed by atoms with E-state index in [1.165, 1.54) is 32.1 Å². The van der Waals surface area contributed by atoms with Crippen LogP contribution in [0.1, 0.15) is 44.1 Å². The van der Waals surface area contributed by atoms with Gasteiger partial charge in [0.25, 0.3) is 0 Å². The first-order chi connectivity index (χ1) is 11.1. The quantitative estimate of drug-likeness (QED) is 0.272. The molecular weight excluding hydrogens is 415 g/mol. The maximum Gasteiger partial charge on any atom is 0.220 e. The van der Waals surface area contributed by atoms with E-state index in [-0.39, 0.29) is 29.9 Å². The molecule has 0 atom stereocenters. The number of rotatable bonds is 6. The van der Waals surface area contributed by atoms with Crippen molar-refractivity contribution in [2.75, 3.05) is 18.4 Å². The minimum absolute atomic E-state index is 0. The monoisotopic (exact) mass is 444 g/mol. The standard InChI is InChI=1S/C18H28N4O.HI/c1-14-6-5-9-16(12-14)22-18(19)21-11-10-20-17(23)13-15-7-3-2-4-8-15;/h5-6,9,12,15H,2-4,7-8,10-11,13H2,1H3,(H,20,23)(H3,19,21,22);1H. The lowest BCUT2D eigenvalue weighted by Crippen LogP contribution is -2.30. The molecule has 0 aromatic heterocycles. The second-order valence-corrected chi connectivity index (χ2v) is 6.32. The van der Waals surface area contributed by atoms with Gasteiger partial charge in [-0.05, 0) is 43.4 Å². The van der Waals surface area contributed by atoms with Crippen LogP contribution in [0.3, 0.4) is 0 Å². The molecule has 5 nitrogen and oxygen atoms in total. The number of hydrogen-bond donors (Lipinski definition) is 3. The summed E-state index contributed by atoms with van der Waals surface area (Å²) in [6, 6.07) is 7.95. The summed E-state index contributed by atoms with van der Waals surface area (Å²) < 4.78 is 0. The molecule has 134 valence electrons. The van der Waals surface area contributed by atoms with Crippen molar-refractivity contribution in [3.63, 3.8) is 0 Å². The number of halogens is 1. The zero-order valence-electron chi connectivity index (χ0n) is 14.4. The normalized spacial score (nSPS) is 15.5. The molecule has 0 bridgehead atoms. The first-order valence-corrected chi connectivity index (χ1v) is 8.54. The molecule has 1 aromatic rings. The van der Waals surface area contributed by atoms with Crippen LogP contribution in [-0.2, 0) is 4.79 Å². The Hall–Kier alpha value is -1.31. The van der Waals surface area contributed by atoms with Gasteiger partial charge in [-0.2, -0.15) is 0 Å². The average molecular weight is 444 g/mol. The van der Waals surface area contributed by atoms with Gasteiger partial charge < -0.3 is 16.4 Å². The molecular formula is C18H29IN4O. The predicted molar refractivity (Wildman–Crippen MR) is 111 cm³/mol. The van der Waals surface area contributed by atoms with Crippen LogP contribution in [0.5, 0.6) is 0 Å². The van der Waals surface area contributed by atoms with Gasteiger partial charge in [0.1, 0.15) is 0 Å². The first kappa shape index (κ1) is 20.7. The first-order valence-electron chi connectivity index (χ1n) is 8.54. The molecule has 0 aliphatic heterocycles. The molecule has 6 heteroatoms. The fourth-order valence-electron chi connectivity index (χ4n) is 3.01. The van der Waals surface area contributed by atoms with E-state index >= 15 is 0 Å². The fraction of sp³-hybridized carbons (Fsp3) is 0.556. The number of nitrogens with zero attached hydrogens (tertiary/aromatic N) is 1. The van der Waals surface area contributed by atoms with Gasteiger partial charge in [0.05, 0.1) is 6.54 Å². The summed E-state index contributed by atoms with van der Waals surface area (Å²) in [6.45, 7) is 3.04. The zero-order chi connectivity index (χ0) is 16.5. The Balaban J connectivity index is 0.00000288. The molecule has 1 amide bonds. The number of aliphatic imine (C=N–C) groups is 1. The highest BCUT2D eigenvalue weighted by Crippen LogP contribution is 2.25. The van der Waals surface area contributed by atoms with Gasteiger partial charge in [0.15, 0.2) is 5.96 Å². The van der Waals surface area contributed by atoms with Crippen LogP contribution < -0.4 is 16.4 Å². The third-order valence-electron chi connectivity index (χ3n) is 4.21. The summed E-state index contributed by atoms with van der Waals surface area (Å²) in [5, 5.41) is 5.98. The highest BCUT2D eigenvalue weighted by Gasteiger charge is 2.16. The molecule has 4 N–H and O–H groups in total. The summed E-state index contributed by atoms with van der Waals surface area (Å²) in [5.74, 6) is 1.08. The van der Waals surface area contributed by atoms with Crippen LogP contribution in [0, 0.1) is 12.8 Å². The van der Waals surface area contributed by atoms with Gasteiger partial charge in [-0.3, -0.25) is 9.79 Å². The van der Waals surface area contributed by atoms with Crippen molar-refractivity contribution in [2.24, 2.45) is 16.6 Å². The largest absolute Gasteiger partial charge is 0.370 e. The summed E-state index contributed by atoms with van der Waals surface area (Å²) >= 11 is 0. The van der Waals surface area contributed by atoms with Crippen LogP contribution in [0.15, 0.2) is 29.3 Å². The fourth-order valence-corrected chi connectivity index (χ4v) is 3.01. The van der Waals surface area contributed by atoms with Crippen molar-refractivity contribution < 1.29 is 4.79 Å². The average Bonchev–Trinajstić information content (AvgIpc) is 2.52. The van der Waals surface area contributed by atoms with Crippen LogP contribution in [0.2, 0.25) is 0 Å². The van der Waals surface area contributed by atoms with Crippen LogP contribution in [0.4, 0.5) is 5.69 Å². The minimum atomic E-state index is 0. The maximum absolute atomic E-state index is 11.9. The summed E-state index contributed by atoms with van der Waals surface area (Å²) in [4.78, 5) is 16.1. The smallest absolute Gasteiger partial charge is 0.220 e. The number of carbonyl (C=O) groups is 1. The Kier molecular flexibility index (Phi) is 9.75. The Labute approximate surface area is 161 Å². The number of amides is 1. The number of anilines is 1. The Morgan fingerprint density at radius 1 is 1.29 bits per heavy atom. The second-order valence-electron chi connectivity index (χ2n) is 6.32. The minimum Gasteiger partial charge on any atom is -0.370 e. The number of nitrogens with two attached hydrogens (primary N) is 1. The highest BCUT2D eigenvalue weighted by molar-refractivity contribution is 14.0. The van der Waals surface area contributed by atoms with Crippen molar-refractivity contribution in [3.05, 3.63) is 29.8 Å². The van der Waals surface area contributed by atoms with E-state index in [2.05, 4.69) is 15.6 Å². The van der Waals surface area contributed by atoms with Crippen molar-refractivity contribution in [1.82, 2.24) is 5.32 Å². The Morgan fingerprint density at radius 2 is 2.04 bits per heavy atom. The number of carbonyl (C=O) groups excluding carboxylic acids is 1. The number of benzene rings is 1. The van der Waals surface area contributed by atoms with E-state index in [9.17, 15) is 4.79 Å². The lowest BCUT2D eigenvalue weighted by Gasteiger charge is -2.20. The molecule has 0 saturated heterocycles. The molecule has 1 aliphatic carbocycles. The summed E-state index contributed by atoms with van der Waals surface area (Å²) in [7, 11) is 0. The number of nitrogens with one attached hydrogen (secondary N) is 2. The van der Waals surface area contributed by atoms with Gasteiger partial charge in [0.2, 0.25) is 5.91 Å². The molecule has 1 saturated carbocycles. The molecule has 0 radical (unpaired) electrons. The molecule has 24 heavy (non-hydrogen) atoms. The SMILES string of the molecule is Cc1cccc(NC(N)=NCCNC(=O)CC2CCCCC2)c1.I. The maximum atomic E-state index is 11.9. The molecule has 2 rings (SSSR count). The highest BCUT2D eigenvalue weighted by atomic mass is 127. The van der Waals surface area contributed by atoms with Crippen LogP contribution in [0.25, 0.3) is 0 Å². The van der Waals surface area contributed by atoms with Gasteiger partial charge in [0, 0.05) is 18.7 Å². The lowest BCUT2D eigenvalue weighted by atomic mass is 9.87. The number of aryl methyl sites for hydroxylation is 1. The predicted octanol–water partition coefficient (Wildman–Crippen LogP) is 3.43. The van der Waals surface area contributed by atoms with E-state index in [1.807, 2.05) is 31.2 Å². The Morgan fingerprint density at radius 3 is 2.75 bits per heavy atom. The summed E-state index contributed by atoms with van der Waals surface area (Å²) in [5.41, 5.74) is 7.94. The second kappa shape index (κ2) is 11.3. The molecule has 1 aromatic carbocycles. The van der Waals surface area contributed by atoms with Gasteiger partial charge in [-0.25, -0.2) is 0 Å². The van der Waals surface area contributed by atoms with Crippen molar-refractivity contribution in [1.29, 1.82) is 0 Å². The number of guanidine groups is 1. The van der Waals surface area contributed by atoms with E-state index < -0.39 is 0 Å². The number of hydrogen-bond acceptors (Lipinski definition) is 2. The lowest BCUT2D eigenvalue weighted by molar-refractivity contribution is -0.122. The topological polar surface area (TPSA) is 79.5 Å². The van der Waals surface area contributed by atoms with Crippen molar-refractivity contribution >= 4 is 41.5 Å². The summed E-state index contributed by atoms with van der Waals surface area (Å²) in [6.07, 6.45) is 6.89. The molecule has 1 aliphatic rings. The van der Waals surface area contributed by atoms with E-state index in [4.69, 9.17) is 5.73 Å². The molecule has 1 fully saturated rings. The van der Waals surface area contributed by atoms with Crippen LogP contribution in [-0.4, -0.2) is 25.0 Å². The van der Waals surface area contributed by atoms with E-state index in [0.29, 0.717) is 31.4 Å². The van der Waals surface area contributed by atoms with Gasteiger partial charge in [-0.1, -0.05) is 31.4 Å². The molecule has 0 unspecified atom stereocenters.